The Morgan fingerprint density at radius 3 is 2.04 bits per heavy atom. The van der Waals surface area contributed by atoms with Gasteiger partial charge in [0.1, 0.15) is 11.2 Å². The summed E-state index contributed by atoms with van der Waals surface area (Å²) in [5.41, 5.74) is 4.76. The number of unbranched alkanes of at least 4 members (excludes halogenated alkanes) is 1. The summed E-state index contributed by atoms with van der Waals surface area (Å²) >= 11 is 0. The average Bonchev–Trinajstić information content (AvgIpc) is 2.32. The lowest BCUT2D eigenvalue weighted by molar-refractivity contribution is 0.0236. The van der Waals surface area contributed by atoms with Crippen LogP contribution >= 0.6 is 0 Å². The number of ether oxygens (including phenoxy) is 2. The van der Waals surface area contributed by atoms with Gasteiger partial charge in [-0.3, -0.25) is 0 Å². The monoisotopic (exact) mass is 345 g/mol. The van der Waals surface area contributed by atoms with Gasteiger partial charge in [-0.1, -0.05) is 0 Å². The molecule has 0 rings (SSSR count). The van der Waals surface area contributed by atoms with Gasteiger partial charge in [-0.15, -0.1) is 0 Å². The maximum atomic E-state index is 12.2. The Labute approximate surface area is 146 Å². The van der Waals surface area contributed by atoms with E-state index in [-0.39, 0.29) is 12.1 Å². The first kappa shape index (κ1) is 22.5. The SMILES string of the molecule is CC(N)CN(CCCCNC(=O)OC(C)(C)C)C(=O)OC(C)(C)C. The second-order valence-electron chi connectivity index (χ2n) is 8.04. The van der Waals surface area contributed by atoms with Gasteiger partial charge >= 0.3 is 12.2 Å². The van der Waals surface area contributed by atoms with Gasteiger partial charge in [0.25, 0.3) is 0 Å². The van der Waals surface area contributed by atoms with E-state index in [1.165, 1.54) is 0 Å². The fourth-order valence-electron chi connectivity index (χ4n) is 1.86. The summed E-state index contributed by atoms with van der Waals surface area (Å²) in [6.45, 7) is 14.3. The quantitative estimate of drug-likeness (QED) is 0.692. The molecule has 0 aliphatic heterocycles. The number of alkyl carbamates (subject to hydrolysis) is 1. The number of rotatable bonds is 7. The van der Waals surface area contributed by atoms with Crippen molar-refractivity contribution in [1.29, 1.82) is 0 Å². The molecule has 1 atom stereocenters. The van der Waals surface area contributed by atoms with Gasteiger partial charge in [0.05, 0.1) is 0 Å². The Bertz CT molecular complexity index is 398. The van der Waals surface area contributed by atoms with E-state index in [0.29, 0.717) is 19.6 Å². The van der Waals surface area contributed by atoms with Crippen LogP contribution in [-0.2, 0) is 9.47 Å². The molecule has 0 aliphatic carbocycles. The Morgan fingerprint density at radius 2 is 1.58 bits per heavy atom. The van der Waals surface area contributed by atoms with Crippen LogP contribution in [0.3, 0.4) is 0 Å². The van der Waals surface area contributed by atoms with E-state index in [4.69, 9.17) is 15.2 Å². The third-order valence-corrected chi connectivity index (χ3v) is 2.68. The maximum Gasteiger partial charge on any atom is 0.410 e. The molecule has 0 radical (unpaired) electrons. The molecule has 24 heavy (non-hydrogen) atoms. The summed E-state index contributed by atoms with van der Waals surface area (Å²) in [4.78, 5) is 25.3. The third-order valence-electron chi connectivity index (χ3n) is 2.68. The van der Waals surface area contributed by atoms with Crippen molar-refractivity contribution in [2.45, 2.75) is 78.6 Å². The van der Waals surface area contributed by atoms with Crippen LogP contribution in [0.15, 0.2) is 0 Å². The van der Waals surface area contributed by atoms with Gasteiger partial charge in [-0.2, -0.15) is 0 Å². The molecule has 0 aromatic carbocycles. The maximum absolute atomic E-state index is 12.2. The number of nitrogens with two attached hydrogens (primary N) is 1. The molecule has 7 heteroatoms. The van der Waals surface area contributed by atoms with Crippen molar-refractivity contribution in [3.63, 3.8) is 0 Å². The van der Waals surface area contributed by atoms with Crippen molar-refractivity contribution in [3.8, 4) is 0 Å². The normalized spacial score (nSPS) is 13.2. The summed E-state index contributed by atoms with van der Waals surface area (Å²) in [5, 5.41) is 2.70. The molecule has 0 aromatic rings. The lowest BCUT2D eigenvalue weighted by Gasteiger charge is -2.28. The molecule has 0 spiro atoms. The van der Waals surface area contributed by atoms with Gasteiger partial charge in [0.2, 0.25) is 0 Å². The minimum Gasteiger partial charge on any atom is -0.444 e. The number of hydrogen-bond acceptors (Lipinski definition) is 5. The van der Waals surface area contributed by atoms with E-state index in [2.05, 4.69) is 5.32 Å². The highest BCUT2D eigenvalue weighted by atomic mass is 16.6. The van der Waals surface area contributed by atoms with Gasteiger partial charge in [0, 0.05) is 25.7 Å². The van der Waals surface area contributed by atoms with Crippen LogP contribution in [0, 0.1) is 0 Å². The summed E-state index contributed by atoms with van der Waals surface area (Å²) in [7, 11) is 0. The lowest BCUT2D eigenvalue weighted by atomic mass is 10.2. The van der Waals surface area contributed by atoms with E-state index >= 15 is 0 Å². The Balaban J connectivity index is 4.20. The molecule has 0 heterocycles. The Kier molecular flexibility index (Phi) is 9.11. The molecule has 0 saturated carbocycles. The highest BCUT2D eigenvalue weighted by molar-refractivity contribution is 5.68. The molecule has 0 saturated heterocycles. The molecule has 0 fully saturated rings. The van der Waals surface area contributed by atoms with Crippen molar-refractivity contribution in [3.05, 3.63) is 0 Å². The second-order valence-corrected chi connectivity index (χ2v) is 8.04. The minimum absolute atomic E-state index is 0.127. The number of nitrogens with one attached hydrogen (secondary N) is 1. The molecular weight excluding hydrogens is 310 g/mol. The van der Waals surface area contributed by atoms with Gasteiger partial charge in [-0.05, 0) is 61.3 Å². The smallest absolute Gasteiger partial charge is 0.410 e. The van der Waals surface area contributed by atoms with Crippen LogP contribution in [0.1, 0.15) is 61.3 Å². The van der Waals surface area contributed by atoms with Crippen LogP contribution < -0.4 is 11.1 Å². The predicted octanol–water partition coefficient (Wildman–Crippen LogP) is 2.88. The van der Waals surface area contributed by atoms with Crippen LogP contribution in [0.2, 0.25) is 0 Å². The fourth-order valence-corrected chi connectivity index (χ4v) is 1.86. The van der Waals surface area contributed by atoms with Crippen molar-refractivity contribution < 1.29 is 19.1 Å². The summed E-state index contributed by atoms with van der Waals surface area (Å²) in [6, 6.07) is -0.127. The Hall–Kier alpha value is -1.50. The fraction of sp³-hybridized carbons (Fsp3) is 0.882. The zero-order valence-corrected chi connectivity index (χ0v) is 16.3. The predicted molar refractivity (Wildman–Crippen MR) is 94.9 cm³/mol. The molecule has 2 amide bonds. The first-order valence-electron chi connectivity index (χ1n) is 8.50. The van der Waals surface area contributed by atoms with Crippen LogP contribution in [0.5, 0.6) is 0 Å². The van der Waals surface area contributed by atoms with Gasteiger partial charge in [0.15, 0.2) is 0 Å². The molecule has 0 bridgehead atoms. The van der Waals surface area contributed by atoms with E-state index in [9.17, 15) is 9.59 Å². The molecule has 0 aromatic heterocycles. The molecular formula is C17H35N3O4. The lowest BCUT2D eigenvalue weighted by Crippen LogP contribution is -2.43. The summed E-state index contributed by atoms with van der Waals surface area (Å²) in [5.74, 6) is 0. The largest absolute Gasteiger partial charge is 0.444 e. The van der Waals surface area contributed by atoms with Crippen LogP contribution in [-0.4, -0.2) is 54.0 Å². The zero-order valence-electron chi connectivity index (χ0n) is 16.3. The molecule has 142 valence electrons. The standard InChI is InChI=1S/C17H35N3O4/c1-13(18)12-20(15(22)24-17(5,6)7)11-9-8-10-19-14(21)23-16(2,3)4/h13H,8-12,18H2,1-7H3,(H,19,21). The van der Waals surface area contributed by atoms with E-state index in [1.54, 1.807) is 4.90 Å². The van der Waals surface area contributed by atoms with E-state index in [0.717, 1.165) is 12.8 Å². The van der Waals surface area contributed by atoms with Crippen molar-refractivity contribution in [2.24, 2.45) is 5.73 Å². The van der Waals surface area contributed by atoms with Gasteiger partial charge in [-0.25, -0.2) is 9.59 Å². The topological polar surface area (TPSA) is 93.9 Å². The van der Waals surface area contributed by atoms with E-state index < -0.39 is 17.3 Å². The first-order valence-corrected chi connectivity index (χ1v) is 8.50. The number of nitrogens with zero attached hydrogens (tertiary/aromatic N) is 1. The first-order chi connectivity index (χ1) is 10.8. The van der Waals surface area contributed by atoms with Crippen LogP contribution in [0.4, 0.5) is 9.59 Å². The summed E-state index contributed by atoms with van der Waals surface area (Å²) < 4.78 is 10.6. The number of amides is 2. The number of carbonyl (C=O) groups is 2. The summed E-state index contributed by atoms with van der Waals surface area (Å²) in [6.07, 6.45) is 0.682. The van der Waals surface area contributed by atoms with Crippen molar-refractivity contribution in [1.82, 2.24) is 10.2 Å². The highest BCUT2D eigenvalue weighted by Gasteiger charge is 2.22. The second kappa shape index (κ2) is 9.71. The van der Waals surface area contributed by atoms with Crippen molar-refractivity contribution in [2.75, 3.05) is 19.6 Å². The Morgan fingerprint density at radius 1 is 1.04 bits per heavy atom. The average molecular weight is 345 g/mol. The zero-order chi connectivity index (χ0) is 19.0. The highest BCUT2D eigenvalue weighted by Crippen LogP contribution is 2.11. The molecule has 3 N–H and O–H groups in total. The van der Waals surface area contributed by atoms with E-state index in [1.807, 2.05) is 48.5 Å². The molecule has 7 nitrogen and oxygen atoms in total. The minimum atomic E-state index is -0.536. The third kappa shape index (κ3) is 13.0. The molecule has 1 unspecified atom stereocenters. The number of carbonyl (C=O) groups excluding carboxylic acids is 2. The van der Waals surface area contributed by atoms with Crippen LogP contribution in [0.25, 0.3) is 0 Å². The van der Waals surface area contributed by atoms with Crippen molar-refractivity contribution >= 4 is 12.2 Å². The molecule has 0 aliphatic rings. The van der Waals surface area contributed by atoms with Gasteiger partial charge < -0.3 is 25.4 Å². The number of hydrogen-bond donors (Lipinski definition) is 2.